The van der Waals surface area contributed by atoms with Gasteiger partial charge in [0, 0.05) is 5.41 Å². The van der Waals surface area contributed by atoms with Gasteiger partial charge in [0.15, 0.2) is 5.82 Å². The first-order chi connectivity index (χ1) is 9.40. The van der Waals surface area contributed by atoms with Crippen LogP contribution in [0.2, 0.25) is 0 Å². The van der Waals surface area contributed by atoms with Crippen molar-refractivity contribution in [1.82, 2.24) is 15.0 Å². The highest BCUT2D eigenvalue weighted by Gasteiger charge is 2.27. The molecule has 1 aliphatic rings. The second kappa shape index (κ2) is 5.91. The van der Waals surface area contributed by atoms with Crippen molar-refractivity contribution >= 4 is 5.97 Å². The van der Waals surface area contributed by atoms with E-state index in [2.05, 4.69) is 15.0 Å². The van der Waals surface area contributed by atoms with Crippen LogP contribution in [0.25, 0.3) is 0 Å². The van der Waals surface area contributed by atoms with E-state index in [-0.39, 0.29) is 17.3 Å². The highest BCUT2D eigenvalue weighted by atomic mass is 16.5. The van der Waals surface area contributed by atoms with Crippen LogP contribution in [0, 0.1) is 5.92 Å². The fourth-order valence-corrected chi connectivity index (χ4v) is 2.32. The molecule has 20 heavy (non-hydrogen) atoms. The number of piperidine rings is 1. The van der Waals surface area contributed by atoms with Crippen molar-refractivity contribution in [3.8, 4) is 0 Å². The van der Waals surface area contributed by atoms with Crippen LogP contribution in [0.3, 0.4) is 0 Å². The number of methoxy groups -OCH3 is 1. The minimum Gasteiger partial charge on any atom is -0.469 e. The summed E-state index contributed by atoms with van der Waals surface area (Å²) in [4.78, 5) is 18.1. The van der Waals surface area contributed by atoms with Gasteiger partial charge < -0.3 is 9.26 Å². The molecule has 0 amide bonds. The van der Waals surface area contributed by atoms with Crippen molar-refractivity contribution in [2.45, 2.75) is 45.6 Å². The number of likely N-dealkylation sites (tertiary alicyclic amines) is 1. The van der Waals surface area contributed by atoms with Crippen molar-refractivity contribution in [1.29, 1.82) is 0 Å². The van der Waals surface area contributed by atoms with Gasteiger partial charge in [-0.3, -0.25) is 9.69 Å². The Bertz CT molecular complexity index is 456. The maximum atomic E-state index is 11.5. The molecule has 0 unspecified atom stereocenters. The number of rotatable bonds is 3. The van der Waals surface area contributed by atoms with Gasteiger partial charge in [-0.2, -0.15) is 4.98 Å². The first kappa shape index (κ1) is 15.0. The Balaban J connectivity index is 1.87. The van der Waals surface area contributed by atoms with Crippen LogP contribution in [0.1, 0.15) is 45.3 Å². The maximum Gasteiger partial charge on any atom is 0.308 e. The summed E-state index contributed by atoms with van der Waals surface area (Å²) in [5.74, 6) is 1.31. The molecule has 0 radical (unpaired) electrons. The average Bonchev–Trinajstić information content (AvgIpc) is 2.87. The highest BCUT2D eigenvalue weighted by molar-refractivity contribution is 5.72. The zero-order chi connectivity index (χ0) is 14.8. The molecule has 1 aliphatic heterocycles. The van der Waals surface area contributed by atoms with Gasteiger partial charge in [-0.1, -0.05) is 25.9 Å². The van der Waals surface area contributed by atoms with Crippen LogP contribution >= 0.6 is 0 Å². The number of carbonyl (C=O) groups is 1. The van der Waals surface area contributed by atoms with E-state index in [1.54, 1.807) is 0 Å². The molecule has 0 N–H and O–H groups in total. The summed E-state index contributed by atoms with van der Waals surface area (Å²) in [6.07, 6.45) is 1.66. The SMILES string of the molecule is COC(=O)C1CCN(Cc2noc(C(C)(C)C)n2)CC1. The number of aromatic nitrogens is 2. The van der Waals surface area contributed by atoms with Crippen LogP contribution in [0.15, 0.2) is 4.52 Å². The molecule has 0 aliphatic carbocycles. The Hall–Kier alpha value is -1.43. The van der Waals surface area contributed by atoms with Crippen LogP contribution < -0.4 is 0 Å². The molecule has 2 heterocycles. The lowest BCUT2D eigenvalue weighted by molar-refractivity contribution is -0.147. The predicted molar refractivity (Wildman–Crippen MR) is 73.0 cm³/mol. The number of ether oxygens (including phenoxy) is 1. The summed E-state index contributed by atoms with van der Waals surface area (Å²) in [6, 6.07) is 0. The Morgan fingerprint density at radius 1 is 1.40 bits per heavy atom. The average molecular weight is 281 g/mol. The van der Waals surface area contributed by atoms with E-state index >= 15 is 0 Å². The molecule has 1 aromatic heterocycles. The molecule has 0 spiro atoms. The lowest BCUT2D eigenvalue weighted by Crippen LogP contribution is -2.36. The van der Waals surface area contributed by atoms with E-state index in [4.69, 9.17) is 9.26 Å². The molecule has 0 atom stereocenters. The summed E-state index contributed by atoms with van der Waals surface area (Å²) in [6.45, 7) is 8.54. The van der Waals surface area contributed by atoms with E-state index in [0.29, 0.717) is 18.3 Å². The second-order valence-corrected chi connectivity index (χ2v) is 6.34. The molecule has 6 nitrogen and oxygen atoms in total. The lowest BCUT2D eigenvalue weighted by atomic mass is 9.97. The van der Waals surface area contributed by atoms with Crippen LogP contribution in [-0.2, 0) is 21.5 Å². The van der Waals surface area contributed by atoms with Gasteiger partial charge in [0.2, 0.25) is 5.89 Å². The first-order valence-corrected chi connectivity index (χ1v) is 7.03. The van der Waals surface area contributed by atoms with E-state index in [1.807, 2.05) is 20.8 Å². The van der Waals surface area contributed by atoms with Gasteiger partial charge >= 0.3 is 5.97 Å². The molecule has 1 fully saturated rings. The standard InChI is InChI=1S/C14H23N3O3/c1-14(2,3)13-15-11(16-20-13)9-17-7-5-10(6-8-17)12(18)19-4/h10H,5-9H2,1-4H3. The summed E-state index contributed by atoms with van der Waals surface area (Å²) in [7, 11) is 1.45. The zero-order valence-electron chi connectivity index (χ0n) is 12.7. The predicted octanol–water partition coefficient (Wildman–Crippen LogP) is 1.75. The summed E-state index contributed by atoms with van der Waals surface area (Å²) >= 11 is 0. The highest BCUT2D eigenvalue weighted by Crippen LogP contribution is 2.22. The molecule has 112 valence electrons. The monoisotopic (exact) mass is 281 g/mol. The second-order valence-electron chi connectivity index (χ2n) is 6.34. The Labute approximate surface area is 119 Å². The summed E-state index contributed by atoms with van der Waals surface area (Å²) in [5.41, 5.74) is -0.122. The molecule has 0 bridgehead atoms. The fourth-order valence-electron chi connectivity index (χ4n) is 2.32. The molecule has 0 saturated carbocycles. The van der Waals surface area contributed by atoms with Crippen LogP contribution in [0.5, 0.6) is 0 Å². The van der Waals surface area contributed by atoms with Gasteiger partial charge in [-0.05, 0) is 25.9 Å². The van der Waals surface area contributed by atoms with E-state index in [9.17, 15) is 4.79 Å². The van der Waals surface area contributed by atoms with Crippen LogP contribution in [0.4, 0.5) is 0 Å². The molecular formula is C14H23N3O3. The van der Waals surface area contributed by atoms with Gasteiger partial charge in [-0.25, -0.2) is 0 Å². The fraction of sp³-hybridized carbons (Fsp3) is 0.786. The van der Waals surface area contributed by atoms with Crippen molar-refractivity contribution in [2.75, 3.05) is 20.2 Å². The molecule has 2 rings (SSSR count). The molecule has 1 aromatic rings. The minimum absolute atomic E-state index is 0.0339. The minimum atomic E-state index is -0.122. The first-order valence-electron chi connectivity index (χ1n) is 7.03. The Morgan fingerprint density at radius 3 is 2.55 bits per heavy atom. The van der Waals surface area contributed by atoms with Crippen molar-refractivity contribution in [2.24, 2.45) is 5.92 Å². The summed E-state index contributed by atoms with van der Waals surface area (Å²) in [5, 5.41) is 4.03. The third kappa shape index (κ3) is 3.56. The number of carbonyl (C=O) groups excluding carboxylic acids is 1. The number of hydrogen-bond acceptors (Lipinski definition) is 6. The summed E-state index contributed by atoms with van der Waals surface area (Å²) < 4.78 is 10.1. The van der Waals surface area contributed by atoms with Gasteiger partial charge in [-0.15, -0.1) is 0 Å². The Kier molecular flexibility index (Phi) is 4.42. The maximum absolute atomic E-state index is 11.5. The topological polar surface area (TPSA) is 68.5 Å². The third-order valence-corrected chi connectivity index (χ3v) is 3.60. The number of hydrogen-bond donors (Lipinski definition) is 0. The largest absolute Gasteiger partial charge is 0.469 e. The van der Waals surface area contributed by atoms with Crippen molar-refractivity contribution in [3.63, 3.8) is 0 Å². The smallest absolute Gasteiger partial charge is 0.308 e. The molecular weight excluding hydrogens is 258 g/mol. The Morgan fingerprint density at radius 2 is 2.05 bits per heavy atom. The van der Waals surface area contributed by atoms with Gasteiger partial charge in [0.1, 0.15) is 0 Å². The molecule has 0 aromatic carbocycles. The van der Waals surface area contributed by atoms with Crippen molar-refractivity contribution < 1.29 is 14.1 Å². The number of esters is 1. The van der Waals surface area contributed by atoms with E-state index in [1.165, 1.54) is 7.11 Å². The normalized spacial score (nSPS) is 18.2. The third-order valence-electron chi connectivity index (χ3n) is 3.60. The van der Waals surface area contributed by atoms with Crippen molar-refractivity contribution in [3.05, 3.63) is 11.7 Å². The quantitative estimate of drug-likeness (QED) is 0.786. The lowest BCUT2D eigenvalue weighted by Gasteiger charge is -2.29. The number of nitrogens with zero attached hydrogens (tertiary/aromatic N) is 3. The van der Waals surface area contributed by atoms with Gasteiger partial charge in [0.25, 0.3) is 0 Å². The zero-order valence-corrected chi connectivity index (χ0v) is 12.7. The molecule has 1 saturated heterocycles. The molecule has 6 heteroatoms. The van der Waals surface area contributed by atoms with Gasteiger partial charge in [0.05, 0.1) is 19.6 Å². The van der Waals surface area contributed by atoms with E-state index in [0.717, 1.165) is 25.9 Å². The van der Waals surface area contributed by atoms with Crippen LogP contribution in [-0.4, -0.2) is 41.2 Å². The van der Waals surface area contributed by atoms with E-state index < -0.39 is 0 Å².